The van der Waals surface area contributed by atoms with Crippen LogP contribution in [-0.2, 0) is 11.2 Å². The molecular formula is C17H16O4. The van der Waals surface area contributed by atoms with Gasteiger partial charge in [-0.2, -0.15) is 0 Å². The number of ether oxygens (including phenoxy) is 1. The number of rotatable bonds is 3. The summed E-state index contributed by atoms with van der Waals surface area (Å²) in [6.07, 6.45) is 2.36. The molecular weight excluding hydrogens is 268 g/mol. The molecule has 1 aliphatic rings. The Labute approximate surface area is 122 Å². The Morgan fingerprint density at radius 1 is 1.29 bits per heavy atom. The quantitative estimate of drug-likeness (QED) is 0.811. The van der Waals surface area contributed by atoms with E-state index in [0.29, 0.717) is 24.2 Å². The van der Waals surface area contributed by atoms with Crippen LogP contribution in [0.5, 0.6) is 0 Å². The van der Waals surface area contributed by atoms with Gasteiger partial charge in [-0.25, -0.2) is 4.79 Å². The molecule has 0 saturated heterocycles. The molecule has 1 aromatic heterocycles. The summed E-state index contributed by atoms with van der Waals surface area (Å²) in [6, 6.07) is 9.89. The van der Waals surface area contributed by atoms with Crippen molar-refractivity contribution in [3.05, 3.63) is 59.0 Å². The molecule has 0 fully saturated rings. The van der Waals surface area contributed by atoms with Gasteiger partial charge in [0.15, 0.2) is 5.78 Å². The van der Waals surface area contributed by atoms with Crippen LogP contribution in [0.3, 0.4) is 0 Å². The largest absolute Gasteiger partial charge is 0.468 e. The smallest absolute Gasteiger partial charge is 0.342 e. The van der Waals surface area contributed by atoms with E-state index in [1.54, 1.807) is 6.92 Å². The maximum Gasteiger partial charge on any atom is 0.342 e. The number of esters is 1. The van der Waals surface area contributed by atoms with Crippen LogP contribution in [0, 0.1) is 0 Å². The van der Waals surface area contributed by atoms with Crippen LogP contribution in [0.2, 0.25) is 0 Å². The van der Waals surface area contributed by atoms with Gasteiger partial charge in [0, 0.05) is 12.8 Å². The van der Waals surface area contributed by atoms with Crippen LogP contribution < -0.4 is 0 Å². The van der Waals surface area contributed by atoms with Crippen LogP contribution in [-0.4, -0.2) is 18.4 Å². The fraction of sp³-hybridized carbons (Fsp3) is 0.294. The molecule has 2 aromatic rings. The maximum absolute atomic E-state index is 12.4. The van der Waals surface area contributed by atoms with Crippen molar-refractivity contribution in [2.24, 2.45) is 0 Å². The molecule has 0 bridgehead atoms. The Bertz CT molecular complexity index is 669. The number of carbonyl (C=O) groups excluding carboxylic acids is 2. The van der Waals surface area contributed by atoms with E-state index >= 15 is 0 Å². The van der Waals surface area contributed by atoms with Gasteiger partial charge in [-0.3, -0.25) is 4.79 Å². The first-order valence-electron chi connectivity index (χ1n) is 7.06. The van der Waals surface area contributed by atoms with E-state index in [1.165, 1.54) is 6.26 Å². The molecule has 108 valence electrons. The number of furan rings is 1. The normalized spacial score (nSPS) is 17.4. The van der Waals surface area contributed by atoms with Crippen molar-refractivity contribution in [1.29, 1.82) is 0 Å². The molecule has 1 heterocycles. The summed E-state index contributed by atoms with van der Waals surface area (Å²) in [5.41, 5.74) is 1.77. The first-order valence-corrected chi connectivity index (χ1v) is 7.06. The highest BCUT2D eigenvalue weighted by Gasteiger charge is 2.33. The minimum absolute atomic E-state index is 0.0538. The molecule has 0 saturated carbocycles. The van der Waals surface area contributed by atoms with Crippen molar-refractivity contribution in [3.8, 4) is 0 Å². The number of hydrogen-bond acceptors (Lipinski definition) is 4. The topological polar surface area (TPSA) is 56.5 Å². The lowest BCUT2D eigenvalue weighted by Gasteiger charge is -2.21. The summed E-state index contributed by atoms with van der Waals surface area (Å²) < 4.78 is 10.4. The third kappa shape index (κ3) is 2.49. The summed E-state index contributed by atoms with van der Waals surface area (Å²) in [5, 5.41) is 0. The molecule has 21 heavy (non-hydrogen) atoms. The second kappa shape index (κ2) is 5.56. The number of carbonyl (C=O) groups is 2. The zero-order valence-electron chi connectivity index (χ0n) is 11.8. The van der Waals surface area contributed by atoms with Crippen LogP contribution in [0.4, 0.5) is 0 Å². The van der Waals surface area contributed by atoms with Crippen LogP contribution in [0.1, 0.15) is 51.3 Å². The Balaban J connectivity index is 1.91. The Kier molecular flexibility index (Phi) is 3.60. The second-order valence-corrected chi connectivity index (χ2v) is 5.11. The van der Waals surface area contributed by atoms with Crippen molar-refractivity contribution in [2.75, 3.05) is 6.61 Å². The molecule has 0 spiro atoms. The number of fused-ring (bicyclic) bond motifs is 1. The Morgan fingerprint density at radius 3 is 2.76 bits per heavy atom. The lowest BCUT2D eigenvalue weighted by molar-refractivity contribution is 0.0522. The third-order valence-corrected chi connectivity index (χ3v) is 3.78. The van der Waals surface area contributed by atoms with Crippen LogP contribution in [0.15, 0.2) is 41.0 Å². The fourth-order valence-electron chi connectivity index (χ4n) is 2.80. The molecule has 0 radical (unpaired) electrons. The highest BCUT2D eigenvalue weighted by Crippen LogP contribution is 2.35. The predicted octanol–water partition coefficient (Wildman–Crippen LogP) is 3.37. The summed E-state index contributed by atoms with van der Waals surface area (Å²) in [7, 11) is 0. The van der Waals surface area contributed by atoms with E-state index in [-0.39, 0.29) is 23.9 Å². The van der Waals surface area contributed by atoms with E-state index < -0.39 is 5.97 Å². The molecule has 4 nitrogen and oxygen atoms in total. The summed E-state index contributed by atoms with van der Waals surface area (Å²) in [5.74, 6) is 0.145. The van der Waals surface area contributed by atoms with Gasteiger partial charge < -0.3 is 9.15 Å². The van der Waals surface area contributed by atoms with Gasteiger partial charge in [-0.05, 0) is 18.4 Å². The highest BCUT2D eigenvalue weighted by molar-refractivity contribution is 6.08. The van der Waals surface area contributed by atoms with E-state index in [9.17, 15) is 9.59 Å². The maximum atomic E-state index is 12.4. The zero-order valence-corrected chi connectivity index (χ0v) is 11.8. The SMILES string of the molecule is CCOC(=O)c1coc2c1C(=O)CC(c1ccccc1)C2. The zero-order chi connectivity index (χ0) is 14.8. The van der Waals surface area contributed by atoms with E-state index in [0.717, 1.165) is 5.56 Å². The minimum Gasteiger partial charge on any atom is -0.468 e. The van der Waals surface area contributed by atoms with Gasteiger partial charge in [0.05, 0.1) is 12.2 Å². The molecule has 0 amide bonds. The first kappa shape index (κ1) is 13.6. The fourth-order valence-corrected chi connectivity index (χ4v) is 2.80. The van der Waals surface area contributed by atoms with Gasteiger partial charge in [-0.15, -0.1) is 0 Å². The molecule has 4 heteroatoms. The van der Waals surface area contributed by atoms with Gasteiger partial charge in [0.2, 0.25) is 0 Å². The molecule has 1 unspecified atom stereocenters. The van der Waals surface area contributed by atoms with Gasteiger partial charge >= 0.3 is 5.97 Å². The number of benzene rings is 1. The summed E-state index contributed by atoms with van der Waals surface area (Å²) in [6.45, 7) is 2.01. The average molecular weight is 284 g/mol. The van der Waals surface area contributed by atoms with E-state index in [4.69, 9.17) is 9.15 Å². The molecule has 3 rings (SSSR count). The summed E-state index contributed by atoms with van der Waals surface area (Å²) in [4.78, 5) is 24.2. The van der Waals surface area contributed by atoms with E-state index in [2.05, 4.69) is 0 Å². The van der Waals surface area contributed by atoms with Gasteiger partial charge in [0.25, 0.3) is 0 Å². The third-order valence-electron chi connectivity index (χ3n) is 3.78. The predicted molar refractivity (Wildman–Crippen MR) is 76.5 cm³/mol. The Hall–Kier alpha value is -2.36. The second-order valence-electron chi connectivity index (χ2n) is 5.11. The molecule has 1 aliphatic carbocycles. The monoisotopic (exact) mass is 284 g/mol. The van der Waals surface area contributed by atoms with E-state index in [1.807, 2.05) is 30.3 Å². The molecule has 0 N–H and O–H groups in total. The van der Waals surface area contributed by atoms with Gasteiger partial charge in [-0.1, -0.05) is 30.3 Å². The van der Waals surface area contributed by atoms with Crippen molar-refractivity contribution >= 4 is 11.8 Å². The van der Waals surface area contributed by atoms with Gasteiger partial charge in [0.1, 0.15) is 17.6 Å². The van der Waals surface area contributed by atoms with Crippen LogP contribution in [0.25, 0.3) is 0 Å². The number of Topliss-reactive ketones (excluding diaryl/α,β-unsaturated/α-hetero) is 1. The van der Waals surface area contributed by atoms with Crippen LogP contribution >= 0.6 is 0 Å². The number of hydrogen-bond donors (Lipinski definition) is 0. The number of ketones is 1. The molecule has 1 atom stereocenters. The molecule has 1 aromatic carbocycles. The minimum atomic E-state index is -0.492. The average Bonchev–Trinajstić information content (AvgIpc) is 2.93. The standard InChI is InChI=1S/C17H16O4/c1-2-20-17(19)13-10-21-15-9-12(8-14(18)16(13)15)11-6-4-3-5-7-11/h3-7,10,12H,2,8-9H2,1H3. The molecule has 0 aliphatic heterocycles. The Morgan fingerprint density at radius 2 is 2.05 bits per heavy atom. The summed E-state index contributed by atoms with van der Waals surface area (Å²) >= 11 is 0. The lowest BCUT2D eigenvalue weighted by Crippen LogP contribution is -2.20. The van der Waals surface area contributed by atoms with Crippen molar-refractivity contribution < 1.29 is 18.7 Å². The van der Waals surface area contributed by atoms with Crippen molar-refractivity contribution in [2.45, 2.75) is 25.7 Å². The lowest BCUT2D eigenvalue weighted by atomic mass is 9.82. The van der Waals surface area contributed by atoms with Crippen molar-refractivity contribution in [3.63, 3.8) is 0 Å². The highest BCUT2D eigenvalue weighted by atomic mass is 16.5. The van der Waals surface area contributed by atoms with Crippen molar-refractivity contribution in [1.82, 2.24) is 0 Å². The first-order chi connectivity index (χ1) is 10.2.